The summed E-state index contributed by atoms with van der Waals surface area (Å²) in [7, 11) is 0. The molecule has 1 heterocycles. The van der Waals surface area contributed by atoms with Gasteiger partial charge in [0.25, 0.3) is 0 Å². The summed E-state index contributed by atoms with van der Waals surface area (Å²) in [5.74, 6) is 4.36. The van der Waals surface area contributed by atoms with Gasteiger partial charge in [-0.2, -0.15) is 0 Å². The highest BCUT2D eigenvalue weighted by atomic mass is 16.5. The Bertz CT molecular complexity index is 1440. The predicted octanol–water partition coefficient (Wildman–Crippen LogP) is 9.69. The largest absolute Gasteiger partial charge is 0.494 e. The highest BCUT2D eigenvalue weighted by molar-refractivity contribution is 5.65. The van der Waals surface area contributed by atoms with Crippen LogP contribution in [0, 0.1) is 46.3 Å². The van der Waals surface area contributed by atoms with Crippen molar-refractivity contribution in [3.8, 4) is 0 Å². The maximum Gasteiger partial charge on any atom is 0.302 e. The topological polar surface area (TPSA) is 54.0 Å². The Kier molecular flexibility index (Phi) is 9.83. The number of ether oxygens (including phenoxy) is 4. The van der Waals surface area contributed by atoms with Crippen molar-refractivity contribution in [3.63, 3.8) is 0 Å². The van der Waals surface area contributed by atoms with E-state index in [0.717, 1.165) is 25.7 Å². The molecule has 0 unspecified atom stereocenters. The van der Waals surface area contributed by atoms with Crippen molar-refractivity contribution in [2.45, 2.75) is 124 Å². The fourth-order valence-electron chi connectivity index (χ4n) is 11.5. The second kappa shape index (κ2) is 13.9. The van der Waals surface area contributed by atoms with Crippen molar-refractivity contribution in [2.24, 2.45) is 46.3 Å². The molecule has 1 aliphatic heterocycles. The van der Waals surface area contributed by atoms with Crippen molar-refractivity contribution >= 4 is 5.97 Å². The molecule has 4 saturated carbocycles. The quantitative estimate of drug-likeness (QED) is 0.226. The van der Waals surface area contributed by atoms with E-state index in [-0.39, 0.29) is 29.0 Å². The molecule has 2 aromatic rings. The first-order valence-electron chi connectivity index (χ1n) is 19.0. The van der Waals surface area contributed by atoms with Gasteiger partial charge in [-0.15, -0.1) is 0 Å². The maximum absolute atomic E-state index is 11.3. The summed E-state index contributed by atoms with van der Waals surface area (Å²) < 4.78 is 25.9. The summed E-state index contributed by atoms with van der Waals surface area (Å²) in [5, 5.41) is 0. The molecule has 260 valence electrons. The average molecular weight is 655 g/mol. The lowest BCUT2D eigenvalue weighted by Gasteiger charge is -2.63. The molecule has 4 aliphatic carbocycles. The number of esters is 1. The molecule has 2 aromatic carbocycles. The van der Waals surface area contributed by atoms with Gasteiger partial charge in [-0.3, -0.25) is 4.79 Å². The molecule has 0 saturated heterocycles. The van der Waals surface area contributed by atoms with Crippen LogP contribution in [0.5, 0.6) is 0 Å². The van der Waals surface area contributed by atoms with Crippen LogP contribution in [0.1, 0.15) is 104 Å². The maximum atomic E-state index is 11.3. The van der Waals surface area contributed by atoms with Crippen molar-refractivity contribution in [1.82, 2.24) is 0 Å². The van der Waals surface area contributed by atoms with Crippen molar-refractivity contribution in [3.05, 3.63) is 83.1 Å². The molecule has 5 nitrogen and oxygen atoms in total. The van der Waals surface area contributed by atoms with Crippen LogP contribution in [0.25, 0.3) is 0 Å². The standard InChI is InChI=1S/C43H58O5/c1-28(25-45-30(3)44)16-19-37-29(2)40-38(48-37)23-36-35-18-17-33-22-34(46-26-31-12-8-6-9-13-31)20-21-42(33,4)41(35)39(24-43(36,40)5)47-27-32-14-10-7-11-15-32/h6-15,28,33-36,38-41H,16-27H2,1-5H3/t28-,33+,34-,35+,36+,38+,39+,40+,41-,42+,43+/m1/s1. The summed E-state index contributed by atoms with van der Waals surface area (Å²) in [6.07, 6.45) is 11.2. The first-order valence-corrected chi connectivity index (χ1v) is 19.0. The summed E-state index contributed by atoms with van der Waals surface area (Å²) in [6.45, 7) is 13.1. The van der Waals surface area contributed by atoms with Crippen molar-refractivity contribution in [2.75, 3.05) is 6.61 Å². The molecule has 48 heavy (non-hydrogen) atoms. The molecular formula is C43H58O5. The fraction of sp³-hybridized carbons (Fsp3) is 0.651. The lowest BCUT2D eigenvalue weighted by Crippen LogP contribution is -2.59. The Morgan fingerprint density at radius 1 is 0.917 bits per heavy atom. The van der Waals surface area contributed by atoms with Gasteiger partial charge in [-0.1, -0.05) is 81.4 Å². The average Bonchev–Trinajstić information content (AvgIpc) is 3.57. The lowest BCUT2D eigenvalue weighted by atomic mass is 9.43. The zero-order valence-electron chi connectivity index (χ0n) is 30.0. The van der Waals surface area contributed by atoms with Gasteiger partial charge in [0.2, 0.25) is 0 Å². The minimum Gasteiger partial charge on any atom is -0.494 e. The molecule has 0 bridgehead atoms. The van der Waals surface area contributed by atoms with Gasteiger partial charge >= 0.3 is 5.97 Å². The SMILES string of the molecule is CC(=O)OC[C@H](C)CCC1=C(C)[C@H]2[C@H](C[C@H]3[C@@H]4CC[C@H]5C[C@H](OCc6ccccc6)CC[C@]5(C)[C@H]4[C@@H](OCc4ccccc4)C[C@@]32C)O1. The third-order valence-electron chi connectivity index (χ3n) is 13.8. The fourth-order valence-corrected chi connectivity index (χ4v) is 11.5. The monoisotopic (exact) mass is 654 g/mol. The highest BCUT2D eigenvalue weighted by Gasteiger charge is 2.67. The second-order valence-electron chi connectivity index (χ2n) is 16.7. The van der Waals surface area contributed by atoms with Crippen LogP contribution >= 0.6 is 0 Å². The van der Waals surface area contributed by atoms with E-state index in [1.165, 1.54) is 61.5 Å². The number of carbonyl (C=O) groups excluding carboxylic acids is 1. The van der Waals surface area contributed by atoms with Crippen LogP contribution in [0.2, 0.25) is 0 Å². The van der Waals surface area contributed by atoms with E-state index in [9.17, 15) is 4.79 Å². The second-order valence-corrected chi connectivity index (χ2v) is 16.7. The number of hydrogen-bond acceptors (Lipinski definition) is 5. The summed E-state index contributed by atoms with van der Waals surface area (Å²) in [6, 6.07) is 21.4. The van der Waals surface area contributed by atoms with E-state index in [4.69, 9.17) is 18.9 Å². The van der Waals surface area contributed by atoms with Gasteiger partial charge in [-0.25, -0.2) is 0 Å². The van der Waals surface area contributed by atoms with Gasteiger partial charge in [0.15, 0.2) is 0 Å². The van der Waals surface area contributed by atoms with Crippen molar-refractivity contribution < 1.29 is 23.7 Å². The normalized spacial score (nSPS) is 37.5. The predicted molar refractivity (Wildman–Crippen MR) is 189 cm³/mol. The summed E-state index contributed by atoms with van der Waals surface area (Å²) in [4.78, 5) is 11.3. The van der Waals surface area contributed by atoms with Crippen LogP contribution in [0.4, 0.5) is 0 Å². The first-order chi connectivity index (χ1) is 23.2. The van der Waals surface area contributed by atoms with Gasteiger partial charge in [-0.05, 0) is 115 Å². The van der Waals surface area contributed by atoms with Crippen LogP contribution in [-0.2, 0) is 37.0 Å². The van der Waals surface area contributed by atoms with Crippen LogP contribution in [0.15, 0.2) is 72.0 Å². The summed E-state index contributed by atoms with van der Waals surface area (Å²) in [5.41, 5.74) is 4.45. The third-order valence-corrected chi connectivity index (χ3v) is 13.8. The molecule has 0 aromatic heterocycles. The Labute approximate surface area is 289 Å². The molecule has 0 radical (unpaired) electrons. The molecule has 4 fully saturated rings. The summed E-state index contributed by atoms with van der Waals surface area (Å²) >= 11 is 0. The third kappa shape index (κ3) is 6.51. The van der Waals surface area contributed by atoms with Gasteiger partial charge < -0.3 is 18.9 Å². The zero-order chi connectivity index (χ0) is 33.5. The van der Waals surface area contributed by atoms with E-state index in [0.29, 0.717) is 61.4 Å². The van der Waals surface area contributed by atoms with Crippen LogP contribution in [-0.4, -0.2) is 30.9 Å². The number of carbonyl (C=O) groups is 1. The smallest absolute Gasteiger partial charge is 0.302 e. The van der Waals surface area contributed by atoms with E-state index in [1.807, 2.05) is 0 Å². The minimum absolute atomic E-state index is 0.168. The lowest BCUT2D eigenvalue weighted by molar-refractivity contribution is -0.197. The highest BCUT2D eigenvalue weighted by Crippen LogP contribution is 2.70. The Morgan fingerprint density at radius 3 is 2.29 bits per heavy atom. The molecule has 7 rings (SSSR count). The Balaban J connectivity index is 1.10. The van der Waals surface area contributed by atoms with E-state index < -0.39 is 0 Å². The van der Waals surface area contributed by atoms with Gasteiger partial charge in [0.1, 0.15) is 6.10 Å². The molecule has 5 aliphatic rings. The van der Waals surface area contributed by atoms with E-state index in [2.05, 4.69) is 88.4 Å². The number of allylic oxidation sites excluding steroid dienone is 1. The molecule has 0 amide bonds. The van der Waals surface area contributed by atoms with Crippen LogP contribution in [0.3, 0.4) is 0 Å². The van der Waals surface area contributed by atoms with E-state index >= 15 is 0 Å². The molecule has 5 heteroatoms. The number of hydrogen-bond donors (Lipinski definition) is 0. The van der Waals surface area contributed by atoms with Gasteiger partial charge in [0, 0.05) is 19.3 Å². The van der Waals surface area contributed by atoms with Gasteiger partial charge in [0.05, 0.1) is 37.8 Å². The number of benzene rings is 2. The molecule has 0 N–H and O–H groups in total. The molecule has 11 atom stereocenters. The Morgan fingerprint density at radius 2 is 1.60 bits per heavy atom. The number of rotatable bonds is 11. The molecular weight excluding hydrogens is 596 g/mol. The first kappa shape index (κ1) is 33.8. The molecule has 0 spiro atoms. The minimum atomic E-state index is -0.199. The van der Waals surface area contributed by atoms with E-state index in [1.54, 1.807) is 0 Å². The van der Waals surface area contributed by atoms with Crippen molar-refractivity contribution in [1.29, 1.82) is 0 Å². The van der Waals surface area contributed by atoms with Crippen LogP contribution < -0.4 is 0 Å². The zero-order valence-corrected chi connectivity index (χ0v) is 30.0. The number of fused-ring (bicyclic) bond motifs is 7. The Hall–Kier alpha value is -2.63.